The topological polar surface area (TPSA) is 66.8 Å². The summed E-state index contributed by atoms with van der Waals surface area (Å²) in [5, 5.41) is 11.1. The highest BCUT2D eigenvalue weighted by Crippen LogP contribution is 2.40. The van der Waals surface area contributed by atoms with Crippen LogP contribution in [0.1, 0.15) is 29.7 Å². The number of carbonyl (C=O) groups is 2. The van der Waals surface area contributed by atoms with Crippen molar-refractivity contribution in [2.75, 3.05) is 6.61 Å². The fraction of sp³-hybridized carbons (Fsp3) is 0.154. The van der Waals surface area contributed by atoms with Crippen LogP contribution in [-0.2, 0) is 16.1 Å². The molecule has 0 radical (unpaired) electrons. The van der Waals surface area contributed by atoms with Gasteiger partial charge in [0.25, 0.3) is 11.7 Å². The van der Waals surface area contributed by atoms with Crippen LogP contribution in [0, 0.1) is 5.82 Å². The summed E-state index contributed by atoms with van der Waals surface area (Å²) in [4.78, 5) is 27.5. The summed E-state index contributed by atoms with van der Waals surface area (Å²) in [5.74, 6) is -1.69. The Bertz CT molecular complexity index is 1170. The van der Waals surface area contributed by atoms with Crippen molar-refractivity contribution in [3.8, 4) is 5.75 Å². The van der Waals surface area contributed by atoms with Crippen LogP contribution in [0.15, 0.2) is 84.4 Å². The van der Waals surface area contributed by atoms with E-state index in [9.17, 15) is 19.1 Å². The second-order valence-electron chi connectivity index (χ2n) is 7.42. The highest BCUT2D eigenvalue weighted by Gasteiger charge is 2.46. The van der Waals surface area contributed by atoms with E-state index in [-0.39, 0.29) is 17.9 Å². The van der Waals surface area contributed by atoms with Gasteiger partial charge in [-0.3, -0.25) is 9.59 Å². The van der Waals surface area contributed by atoms with Crippen LogP contribution < -0.4 is 4.74 Å². The molecule has 1 fully saturated rings. The molecule has 162 valence electrons. The molecule has 1 aliphatic heterocycles. The summed E-state index contributed by atoms with van der Waals surface area (Å²) < 4.78 is 19.1. The SMILES string of the molecule is CCOc1cccc(C(O)=C2C(=O)C(=O)N(Cc3ccccc3)C2c2ccc(F)cc2)c1. The lowest BCUT2D eigenvalue weighted by Crippen LogP contribution is -2.29. The first-order chi connectivity index (χ1) is 15.5. The number of ketones is 1. The predicted molar refractivity (Wildman–Crippen MR) is 118 cm³/mol. The molecule has 1 amide bonds. The molecule has 0 aliphatic carbocycles. The molecule has 32 heavy (non-hydrogen) atoms. The van der Waals surface area contributed by atoms with Crippen LogP contribution in [0.3, 0.4) is 0 Å². The third-order valence-electron chi connectivity index (χ3n) is 5.34. The quantitative estimate of drug-likeness (QED) is 0.344. The summed E-state index contributed by atoms with van der Waals surface area (Å²) in [6.45, 7) is 2.46. The molecular formula is C26H22FNO4. The molecule has 5 nitrogen and oxygen atoms in total. The van der Waals surface area contributed by atoms with E-state index in [0.717, 1.165) is 5.56 Å². The van der Waals surface area contributed by atoms with E-state index in [1.165, 1.54) is 29.2 Å². The first-order valence-electron chi connectivity index (χ1n) is 10.3. The number of halogens is 1. The molecular weight excluding hydrogens is 409 g/mol. The van der Waals surface area contributed by atoms with Crippen molar-refractivity contribution in [3.63, 3.8) is 0 Å². The number of rotatable bonds is 6. The predicted octanol–water partition coefficient (Wildman–Crippen LogP) is 4.85. The van der Waals surface area contributed by atoms with Crippen LogP contribution in [0.25, 0.3) is 5.76 Å². The number of aliphatic hydroxyl groups is 1. The van der Waals surface area contributed by atoms with E-state index in [4.69, 9.17) is 4.74 Å². The van der Waals surface area contributed by atoms with Crippen LogP contribution in [-0.4, -0.2) is 28.3 Å². The molecule has 0 aromatic heterocycles. The number of Topliss-reactive ketones (excluding diaryl/α,β-unsaturated/α-hetero) is 1. The Balaban J connectivity index is 1.84. The number of aliphatic hydroxyl groups excluding tert-OH is 1. The number of hydrogen-bond donors (Lipinski definition) is 1. The van der Waals surface area contributed by atoms with Gasteiger partial charge in [0, 0.05) is 12.1 Å². The maximum Gasteiger partial charge on any atom is 0.295 e. The van der Waals surface area contributed by atoms with E-state index >= 15 is 0 Å². The minimum absolute atomic E-state index is 0.0359. The van der Waals surface area contributed by atoms with Gasteiger partial charge in [-0.15, -0.1) is 0 Å². The molecule has 0 spiro atoms. The van der Waals surface area contributed by atoms with E-state index in [0.29, 0.717) is 23.5 Å². The summed E-state index contributed by atoms with van der Waals surface area (Å²) in [7, 11) is 0. The molecule has 4 rings (SSSR count). The van der Waals surface area contributed by atoms with Gasteiger partial charge in [0.2, 0.25) is 0 Å². The van der Waals surface area contributed by atoms with Crippen molar-refractivity contribution < 1.29 is 23.8 Å². The number of amides is 1. The first kappa shape index (κ1) is 21.3. The second-order valence-corrected chi connectivity index (χ2v) is 7.42. The molecule has 1 heterocycles. The summed E-state index contributed by atoms with van der Waals surface area (Å²) in [6.07, 6.45) is 0. The Kier molecular flexibility index (Phi) is 6.03. The average Bonchev–Trinajstić information content (AvgIpc) is 3.05. The molecule has 1 N–H and O–H groups in total. The minimum atomic E-state index is -0.855. The van der Waals surface area contributed by atoms with Crippen LogP contribution in [0.4, 0.5) is 4.39 Å². The number of nitrogens with zero attached hydrogens (tertiary/aromatic N) is 1. The van der Waals surface area contributed by atoms with Gasteiger partial charge in [-0.05, 0) is 42.3 Å². The monoisotopic (exact) mass is 431 g/mol. The third kappa shape index (κ3) is 4.12. The lowest BCUT2D eigenvalue weighted by atomic mass is 9.95. The van der Waals surface area contributed by atoms with Crippen molar-refractivity contribution in [2.45, 2.75) is 19.5 Å². The average molecular weight is 431 g/mol. The van der Waals surface area contributed by atoms with Gasteiger partial charge in [0.15, 0.2) is 0 Å². The van der Waals surface area contributed by atoms with Crippen molar-refractivity contribution in [1.82, 2.24) is 4.90 Å². The van der Waals surface area contributed by atoms with Gasteiger partial charge in [0.1, 0.15) is 17.3 Å². The van der Waals surface area contributed by atoms with Gasteiger partial charge >= 0.3 is 0 Å². The van der Waals surface area contributed by atoms with E-state index in [1.54, 1.807) is 24.3 Å². The number of ether oxygens (including phenoxy) is 1. The van der Waals surface area contributed by atoms with Gasteiger partial charge in [-0.1, -0.05) is 54.6 Å². The van der Waals surface area contributed by atoms with Crippen LogP contribution in [0.5, 0.6) is 5.75 Å². The van der Waals surface area contributed by atoms with E-state index in [2.05, 4.69) is 0 Å². The molecule has 0 saturated carbocycles. The highest BCUT2D eigenvalue weighted by atomic mass is 19.1. The molecule has 3 aromatic carbocycles. The van der Waals surface area contributed by atoms with E-state index in [1.807, 2.05) is 37.3 Å². The summed E-state index contributed by atoms with van der Waals surface area (Å²) >= 11 is 0. The zero-order valence-corrected chi connectivity index (χ0v) is 17.5. The first-order valence-corrected chi connectivity index (χ1v) is 10.3. The lowest BCUT2D eigenvalue weighted by molar-refractivity contribution is -0.140. The maximum atomic E-state index is 13.6. The Labute approximate surface area is 185 Å². The third-order valence-corrected chi connectivity index (χ3v) is 5.34. The summed E-state index contributed by atoms with van der Waals surface area (Å²) in [5.41, 5.74) is 1.69. The number of hydrogen-bond acceptors (Lipinski definition) is 4. The zero-order valence-electron chi connectivity index (χ0n) is 17.5. The molecule has 3 aromatic rings. The number of carbonyl (C=O) groups excluding carboxylic acids is 2. The van der Waals surface area contributed by atoms with Crippen LogP contribution in [0.2, 0.25) is 0 Å². The van der Waals surface area contributed by atoms with Gasteiger partial charge < -0.3 is 14.7 Å². The zero-order chi connectivity index (χ0) is 22.7. The lowest BCUT2D eigenvalue weighted by Gasteiger charge is -2.25. The highest BCUT2D eigenvalue weighted by molar-refractivity contribution is 6.46. The molecule has 1 atom stereocenters. The van der Waals surface area contributed by atoms with Crippen molar-refractivity contribution in [1.29, 1.82) is 0 Å². The minimum Gasteiger partial charge on any atom is -0.507 e. The number of benzene rings is 3. The second kappa shape index (κ2) is 9.06. The molecule has 1 aliphatic rings. The fourth-order valence-corrected chi connectivity index (χ4v) is 3.87. The van der Waals surface area contributed by atoms with Gasteiger partial charge in [-0.25, -0.2) is 4.39 Å². The van der Waals surface area contributed by atoms with Crippen molar-refractivity contribution >= 4 is 17.4 Å². The molecule has 0 bridgehead atoms. The smallest absolute Gasteiger partial charge is 0.295 e. The molecule has 1 saturated heterocycles. The Hall–Kier alpha value is -3.93. The molecule has 6 heteroatoms. The Morgan fingerprint density at radius 1 is 1.00 bits per heavy atom. The molecule has 1 unspecified atom stereocenters. The van der Waals surface area contributed by atoms with Gasteiger partial charge in [-0.2, -0.15) is 0 Å². The maximum absolute atomic E-state index is 13.6. The van der Waals surface area contributed by atoms with E-state index < -0.39 is 23.5 Å². The Morgan fingerprint density at radius 2 is 1.72 bits per heavy atom. The Morgan fingerprint density at radius 3 is 2.41 bits per heavy atom. The number of likely N-dealkylation sites (tertiary alicyclic amines) is 1. The van der Waals surface area contributed by atoms with Crippen molar-refractivity contribution in [3.05, 3.63) is 107 Å². The fourth-order valence-electron chi connectivity index (χ4n) is 3.87. The van der Waals surface area contributed by atoms with Gasteiger partial charge in [0.05, 0.1) is 18.2 Å². The summed E-state index contributed by atoms with van der Waals surface area (Å²) in [6, 6.07) is 20.7. The van der Waals surface area contributed by atoms with Crippen molar-refractivity contribution in [2.24, 2.45) is 0 Å². The normalized spacial score (nSPS) is 17.6. The largest absolute Gasteiger partial charge is 0.507 e. The standard InChI is InChI=1S/C26H22FNO4/c1-2-32-21-10-6-9-19(15-21)24(29)22-23(18-11-13-20(27)14-12-18)28(26(31)25(22)30)16-17-7-4-3-5-8-17/h3-15,23,29H,2,16H2,1H3. The van der Waals surface area contributed by atoms with Crippen LogP contribution >= 0.6 is 0 Å².